The number of carbonyl (C=O) groups excluding carboxylic acids is 1. The van der Waals surface area contributed by atoms with Crippen LogP contribution in [0.4, 0.5) is 0 Å². The van der Waals surface area contributed by atoms with Gasteiger partial charge >= 0.3 is 5.97 Å². The first-order valence-electron chi connectivity index (χ1n) is 17.2. The van der Waals surface area contributed by atoms with Gasteiger partial charge in [0.2, 0.25) is 0 Å². The molecule has 0 aromatic rings. The van der Waals surface area contributed by atoms with Crippen LogP contribution in [0.25, 0.3) is 0 Å². The Kier molecular flexibility index (Phi) is 6.85. The topological polar surface area (TPSA) is 96.2 Å². The summed E-state index contributed by atoms with van der Waals surface area (Å²) >= 11 is 0. The second-order valence-corrected chi connectivity index (χ2v) is 18.3. The maximum absolute atomic E-state index is 13.5. The molecule has 42 heavy (non-hydrogen) atoms. The van der Waals surface area contributed by atoms with Crippen LogP contribution in [0.1, 0.15) is 127 Å². The molecule has 2 spiro atoms. The third-order valence-corrected chi connectivity index (χ3v) is 15.4. The highest BCUT2D eigenvalue weighted by atomic mass is 16.5. The third kappa shape index (κ3) is 3.86. The van der Waals surface area contributed by atoms with Crippen molar-refractivity contribution in [2.24, 2.45) is 56.7 Å². The Morgan fingerprint density at radius 1 is 0.905 bits per heavy atom. The molecule has 6 rings (SSSR count). The molecule has 1 aliphatic heterocycles. The Labute approximate surface area is 254 Å². The minimum atomic E-state index is -0.913. The van der Waals surface area contributed by atoms with Gasteiger partial charge in [0.25, 0.3) is 0 Å². The SMILES string of the molecule is CC(C)C(C)C(=O)O[C@H]1CC2C3(CC[C@]4(C)[C@@H]([C@@]5(C)CC[C@@H](C(C)(C)O)O5)[C@@H](O)C[C@@]24C)C[C@@]32CC[C@H](O)C(C)(C)[C@H]12. The van der Waals surface area contributed by atoms with E-state index in [1.54, 1.807) is 0 Å². The number of rotatable bonds is 5. The quantitative estimate of drug-likeness (QED) is 0.327. The maximum Gasteiger partial charge on any atom is 0.309 e. The van der Waals surface area contributed by atoms with Crippen molar-refractivity contribution < 1.29 is 29.6 Å². The minimum absolute atomic E-state index is 0.0151. The number of hydrogen-bond donors (Lipinski definition) is 3. The molecule has 1 saturated heterocycles. The standard InChI is InChI=1S/C36H60O6/c1-20(2)21(3)29(39)41-23-17-24-33(9)18-22(37)27(34(10)13-12-26(42-34)31(6,7)40)32(33,8)15-16-35(24)19-36(35)14-11-25(38)30(4,5)28(23)36/h20-28,37-38,40H,11-19H2,1-10H3/t21?,22-,23-,24?,25-,26-,27-,28-,32+,33-,34+,35?,36+/m0/s1. The van der Waals surface area contributed by atoms with Crippen LogP contribution in [0.2, 0.25) is 0 Å². The van der Waals surface area contributed by atoms with Gasteiger partial charge in [0.15, 0.2) is 0 Å². The summed E-state index contributed by atoms with van der Waals surface area (Å²) in [5.74, 6) is 0.405. The fraction of sp³-hybridized carbons (Fsp3) is 0.972. The maximum atomic E-state index is 13.5. The van der Waals surface area contributed by atoms with E-state index in [1.807, 2.05) is 20.8 Å². The Bertz CT molecular complexity index is 1110. The van der Waals surface area contributed by atoms with Crippen LogP contribution in [0, 0.1) is 56.7 Å². The zero-order chi connectivity index (χ0) is 31.1. The van der Waals surface area contributed by atoms with Crippen LogP contribution >= 0.6 is 0 Å². The van der Waals surface area contributed by atoms with Crippen molar-refractivity contribution in [3.8, 4) is 0 Å². The molecule has 0 aromatic carbocycles. The largest absolute Gasteiger partial charge is 0.462 e. The summed E-state index contributed by atoms with van der Waals surface area (Å²) in [4.78, 5) is 13.5. The van der Waals surface area contributed by atoms with Crippen molar-refractivity contribution in [2.75, 3.05) is 0 Å². The zero-order valence-corrected chi connectivity index (χ0v) is 28.1. The van der Waals surface area contributed by atoms with Crippen LogP contribution in [0.3, 0.4) is 0 Å². The highest BCUT2D eigenvalue weighted by Gasteiger charge is 2.85. The Morgan fingerprint density at radius 3 is 2.17 bits per heavy atom. The van der Waals surface area contributed by atoms with Gasteiger partial charge in [-0.2, -0.15) is 0 Å². The fourth-order valence-electron chi connectivity index (χ4n) is 12.7. The normalized spacial score (nSPS) is 53.5. The van der Waals surface area contributed by atoms with Gasteiger partial charge in [-0.25, -0.2) is 0 Å². The number of ether oxygens (including phenoxy) is 2. The summed E-state index contributed by atoms with van der Waals surface area (Å²) in [7, 11) is 0. The lowest BCUT2D eigenvalue weighted by atomic mass is 9.41. The average molecular weight is 589 g/mol. The highest BCUT2D eigenvalue weighted by molar-refractivity contribution is 5.72. The summed E-state index contributed by atoms with van der Waals surface area (Å²) < 4.78 is 13.3. The molecule has 0 radical (unpaired) electrons. The Balaban J connectivity index is 1.39. The van der Waals surface area contributed by atoms with Gasteiger partial charge in [-0.3, -0.25) is 4.79 Å². The summed E-state index contributed by atoms with van der Waals surface area (Å²) in [6.45, 7) is 21.3. The monoisotopic (exact) mass is 588 g/mol. The van der Waals surface area contributed by atoms with E-state index in [-0.39, 0.29) is 68.9 Å². The first kappa shape index (κ1) is 31.3. The molecule has 6 heteroatoms. The molecule has 3 N–H and O–H groups in total. The van der Waals surface area contributed by atoms with E-state index in [9.17, 15) is 20.1 Å². The van der Waals surface area contributed by atoms with Crippen molar-refractivity contribution in [3.05, 3.63) is 0 Å². The molecule has 6 nitrogen and oxygen atoms in total. The van der Waals surface area contributed by atoms with E-state index >= 15 is 0 Å². The van der Waals surface area contributed by atoms with Gasteiger partial charge in [0.1, 0.15) is 6.10 Å². The third-order valence-electron chi connectivity index (χ3n) is 15.4. The summed E-state index contributed by atoms with van der Waals surface area (Å²) in [5, 5.41) is 34.1. The van der Waals surface area contributed by atoms with E-state index in [4.69, 9.17) is 9.47 Å². The molecular weight excluding hydrogens is 528 g/mol. The molecule has 1 heterocycles. The zero-order valence-electron chi connectivity index (χ0n) is 28.1. The molecule has 13 atom stereocenters. The molecule has 240 valence electrons. The Hall–Kier alpha value is -0.690. The molecule has 0 bridgehead atoms. The lowest BCUT2D eigenvalue weighted by molar-refractivity contribution is -0.222. The van der Waals surface area contributed by atoms with Gasteiger partial charge in [-0.15, -0.1) is 0 Å². The summed E-state index contributed by atoms with van der Waals surface area (Å²) in [5.41, 5.74) is -1.73. The molecule has 5 saturated carbocycles. The van der Waals surface area contributed by atoms with Crippen molar-refractivity contribution in [1.82, 2.24) is 0 Å². The molecule has 3 unspecified atom stereocenters. The fourth-order valence-corrected chi connectivity index (χ4v) is 12.7. The Morgan fingerprint density at radius 2 is 1.57 bits per heavy atom. The number of aliphatic hydroxyl groups excluding tert-OH is 2. The van der Waals surface area contributed by atoms with Crippen molar-refractivity contribution in [2.45, 2.75) is 163 Å². The molecule has 0 amide bonds. The predicted molar refractivity (Wildman–Crippen MR) is 162 cm³/mol. The summed E-state index contributed by atoms with van der Waals surface area (Å²) in [6.07, 6.45) is 7.03. The smallest absolute Gasteiger partial charge is 0.309 e. The van der Waals surface area contributed by atoms with E-state index in [2.05, 4.69) is 48.5 Å². The number of aliphatic hydroxyl groups is 3. The lowest BCUT2D eigenvalue weighted by Gasteiger charge is -2.64. The van der Waals surface area contributed by atoms with Crippen LogP contribution in [0.5, 0.6) is 0 Å². The number of fused-ring (bicyclic) bond motifs is 2. The second-order valence-electron chi connectivity index (χ2n) is 18.3. The number of hydrogen-bond acceptors (Lipinski definition) is 6. The first-order chi connectivity index (χ1) is 19.2. The van der Waals surface area contributed by atoms with Crippen LogP contribution < -0.4 is 0 Å². The molecule has 6 fully saturated rings. The van der Waals surface area contributed by atoms with Gasteiger partial charge in [0.05, 0.1) is 35.4 Å². The highest BCUT2D eigenvalue weighted by Crippen LogP contribution is 2.89. The average Bonchev–Trinajstić information content (AvgIpc) is 3.24. The minimum Gasteiger partial charge on any atom is -0.462 e. The van der Waals surface area contributed by atoms with Crippen LogP contribution in [0.15, 0.2) is 0 Å². The molecule has 6 aliphatic rings. The van der Waals surface area contributed by atoms with Gasteiger partial charge in [0, 0.05) is 11.8 Å². The molecular formula is C36H60O6. The number of esters is 1. The van der Waals surface area contributed by atoms with Gasteiger partial charge < -0.3 is 24.8 Å². The van der Waals surface area contributed by atoms with E-state index < -0.39 is 23.4 Å². The van der Waals surface area contributed by atoms with Gasteiger partial charge in [-0.1, -0.05) is 48.5 Å². The predicted octanol–water partition coefficient (Wildman–Crippen LogP) is 6.28. The van der Waals surface area contributed by atoms with E-state index in [1.165, 1.54) is 0 Å². The van der Waals surface area contributed by atoms with Crippen LogP contribution in [-0.2, 0) is 14.3 Å². The first-order valence-corrected chi connectivity index (χ1v) is 17.2. The van der Waals surface area contributed by atoms with Crippen molar-refractivity contribution in [1.29, 1.82) is 0 Å². The second kappa shape index (κ2) is 9.19. The van der Waals surface area contributed by atoms with Gasteiger partial charge in [-0.05, 0) is 117 Å². The van der Waals surface area contributed by atoms with E-state index in [0.717, 1.165) is 57.8 Å². The summed E-state index contributed by atoms with van der Waals surface area (Å²) in [6, 6.07) is 0. The van der Waals surface area contributed by atoms with Crippen molar-refractivity contribution in [3.63, 3.8) is 0 Å². The molecule has 5 aliphatic carbocycles. The van der Waals surface area contributed by atoms with Crippen LogP contribution in [-0.4, -0.2) is 56.9 Å². The lowest BCUT2D eigenvalue weighted by Crippen LogP contribution is -2.63. The van der Waals surface area contributed by atoms with Crippen molar-refractivity contribution >= 4 is 5.97 Å². The van der Waals surface area contributed by atoms with E-state index in [0.29, 0.717) is 5.92 Å². The molecule has 0 aromatic heterocycles. The number of carbonyl (C=O) groups is 1.